The lowest BCUT2D eigenvalue weighted by Crippen LogP contribution is -1.59. The van der Waals surface area contributed by atoms with Crippen molar-refractivity contribution in [2.45, 2.75) is 0 Å². The number of rotatable bonds is 2. The molecule has 0 amide bonds. The summed E-state index contributed by atoms with van der Waals surface area (Å²) in [5.74, 6) is 0. The summed E-state index contributed by atoms with van der Waals surface area (Å²) in [5, 5.41) is 0. The molecule has 0 radical (unpaired) electrons. The van der Waals surface area contributed by atoms with Crippen LogP contribution in [-0.2, 0) is 4.57 Å². The Kier molecular flexibility index (Phi) is 4.12. The predicted molar refractivity (Wildman–Crippen MR) is 33.3 cm³/mol. The van der Waals surface area contributed by atoms with Crippen molar-refractivity contribution in [3.63, 3.8) is 0 Å². The van der Waals surface area contributed by atoms with E-state index in [0.29, 0.717) is 0 Å². The molecule has 0 heterocycles. The zero-order chi connectivity index (χ0) is 4.99. The van der Waals surface area contributed by atoms with Crippen LogP contribution in [0.5, 0.6) is 0 Å². The number of hydrogen-bond donors (Lipinski definition) is 0. The fraction of sp³-hybridized carbons (Fsp3) is 1.00. The van der Waals surface area contributed by atoms with E-state index in [2.05, 4.69) is 0 Å². The first-order chi connectivity index (χ1) is 2.77. The lowest BCUT2D eigenvalue weighted by atomic mass is 11.9. The van der Waals surface area contributed by atoms with E-state index >= 15 is 0 Å². The van der Waals surface area contributed by atoms with Gasteiger partial charge >= 0.3 is 0 Å². The minimum atomic E-state index is -1.17. The third-order valence-corrected chi connectivity index (χ3v) is 3.13. The van der Waals surface area contributed by atoms with Crippen LogP contribution >= 0.6 is 19.6 Å². The highest BCUT2D eigenvalue weighted by molar-refractivity contribution is 8.03. The summed E-state index contributed by atoms with van der Waals surface area (Å²) in [6.45, 7) is 1.78. The van der Waals surface area contributed by atoms with Crippen LogP contribution in [0, 0.1) is 0 Å². The van der Waals surface area contributed by atoms with Gasteiger partial charge in [-0.25, -0.2) is 0 Å². The molecule has 0 N–H and O–H groups in total. The van der Waals surface area contributed by atoms with Crippen LogP contribution in [0.2, 0.25) is 0 Å². The average molecular weight is 124 g/mol. The van der Waals surface area contributed by atoms with Gasteiger partial charge in [-0.15, -0.1) is 0 Å². The van der Waals surface area contributed by atoms with Crippen molar-refractivity contribution < 1.29 is 4.57 Å². The van der Waals surface area contributed by atoms with Gasteiger partial charge in [0.1, 0.15) is 0 Å². The van der Waals surface area contributed by atoms with Crippen LogP contribution in [0.15, 0.2) is 0 Å². The Morgan fingerprint density at radius 3 is 2.33 bits per heavy atom. The van der Waals surface area contributed by atoms with E-state index in [9.17, 15) is 4.57 Å². The minimum Gasteiger partial charge on any atom is -0.326 e. The largest absolute Gasteiger partial charge is 0.326 e. The van der Waals surface area contributed by atoms with Crippen molar-refractivity contribution in [1.82, 2.24) is 0 Å². The molecule has 0 saturated heterocycles. The van der Waals surface area contributed by atoms with Crippen LogP contribution < -0.4 is 0 Å². The van der Waals surface area contributed by atoms with Crippen LogP contribution in [0.1, 0.15) is 0 Å². The SMILES string of the molecule is CSC[PH](C)=O. The van der Waals surface area contributed by atoms with Gasteiger partial charge in [0.15, 0.2) is 0 Å². The van der Waals surface area contributed by atoms with Gasteiger partial charge in [-0.2, -0.15) is 11.8 Å². The molecule has 1 nitrogen and oxygen atoms in total. The zero-order valence-corrected chi connectivity index (χ0v) is 5.84. The predicted octanol–water partition coefficient (Wildman–Crippen LogP) is 1.50. The van der Waals surface area contributed by atoms with Crippen molar-refractivity contribution in [1.29, 1.82) is 0 Å². The van der Waals surface area contributed by atoms with Crippen molar-refractivity contribution >= 4 is 19.6 Å². The minimum absolute atomic E-state index is 0.838. The van der Waals surface area contributed by atoms with Crippen LogP contribution in [0.3, 0.4) is 0 Å². The Balaban J connectivity index is 2.83. The first kappa shape index (κ1) is 6.58. The molecule has 0 fully saturated rings. The molecule has 1 unspecified atom stereocenters. The molecular formula is C3H9OPS. The highest BCUT2D eigenvalue weighted by Gasteiger charge is 1.81. The molecule has 1 atom stereocenters. The Bertz CT molecular complexity index is 54.8. The summed E-state index contributed by atoms with van der Waals surface area (Å²) in [4.78, 5) is 0. The highest BCUT2D eigenvalue weighted by atomic mass is 32.2. The number of thioether (sulfide) groups is 1. The van der Waals surface area contributed by atoms with Crippen LogP contribution in [0.4, 0.5) is 0 Å². The fourth-order valence-electron chi connectivity index (χ4n) is 0.203. The fourth-order valence-corrected chi connectivity index (χ4v) is 1.83. The van der Waals surface area contributed by atoms with Crippen LogP contribution in [-0.4, -0.2) is 18.4 Å². The molecule has 6 heavy (non-hydrogen) atoms. The molecule has 0 aromatic rings. The van der Waals surface area contributed by atoms with Gasteiger partial charge in [-0.3, -0.25) is 0 Å². The molecule has 0 aliphatic rings. The topological polar surface area (TPSA) is 17.1 Å². The second kappa shape index (κ2) is 3.76. The Morgan fingerprint density at radius 2 is 2.33 bits per heavy atom. The Hall–Kier alpha value is 0.580. The van der Waals surface area contributed by atoms with Gasteiger partial charge in [0, 0.05) is 5.49 Å². The normalized spacial score (nSPS) is 14.3. The monoisotopic (exact) mass is 124 g/mol. The van der Waals surface area contributed by atoms with Crippen molar-refractivity contribution in [3.8, 4) is 0 Å². The molecular weight excluding hydrogens is 115 g/mol. The molecule has 0 rings (SSSR count). The van der Waals surface area contributed by atoms with Gasteiger partial charge in [0.05, 0.1) is 7.80 Å². The molecule has 0 spiro atoms. The average Bonchev–Trinajstić information content (AvgIpc) is 1.35. The maximum absolute atomic E-state index is 10.2. The second-order valence-corrected chi connectivity index (χ2v) is 4.27. The first-order valence-corrected chi connectivity index (χ1v) is 5.26. The maximum Gasteiger partial charge on any atom is 0.0826 e. The van der Waals surface area contributed by atoms with Crippen molar-refractivity contribution in [2.24, 2.45) is 0 Å². The Labute approximate surface area is 43.3 Å². The van der Waals surface area contributed by atoms with Crippen molar-refractivity contribution in [3.05, 3.63) is 0 Å². The summed E-state index contributed by atoms with van der Waals surface area (Å²) in [5.41, 5.74) is 0.838. The lowest BCUT2D eigenvalue weighted by molar-refractivity contribution is 0.594. The summed E-state index contributed by atoms with van der Waals surface area (Å²) in [6.07, 6.45) is 1.96. The van der Waals surface area contributed by atoms with Gasteiger partial charge in [0.2, 0.25) is 0 Å². The molecule has 0 aromatic carbocycles. The molecule has 0 aromatic heterocycles. The molecule has 0 aliphatic heterocycles. The van der Waals surface area contributed by atoms with Gasteiger partial charge < -0.3 is 4.57 Å². The Morgan fingerprint density at radius 1 is 1.83 bits per heavy atom. The highest BCUT2D eigenvalue weighted by Crippen LogP contribution is 2.18. The lowest BCUT2D eigenvalue weighted by Gasteiger charge is -1.83. The quantitative estimate of drug-likeness (QED) is 0.519. The van der Waals surface area contributed by atoms with E-state index in [1.54, 1.807) is 18.4 Å². The summed E-state index contributed by atoms with van der Waals surface area (Å²) in [7, 11) is -1.17. The third-order valence-electron chi connectivity index (χ3n) is 0.348. The van der Waals surface area contributed by atoms with E-state index in [1.807, 2.05) is 6.26 Å². The zero-order valence-electron chi connectivity index (χ0n) is 4.02. The van der Waals surface area contributed by atoms with E-state index < -0.39 is 7.80 Å². The number of hydrogen-bond acceptors (Lipinski definition) is 2. The first-order valence-electron chi connectivity index (χ1n) is 1.75. The second-order valence-electron chi connectivity index (χ2n) is 1.14. The van der Waals surface area contributed by atoms with E-state index in [-0.39, 0.29) is 0 Å². The third kappa shape index (κ3) is 4.58. The van der Waals surface area contributed by atoms with Gasteiger partial charge in [-0.1, -0.05) is 0 Å². The smallest absolute Gasteiger partial charge is 0.0826 e. The van der Waals surface area contributed by atoms with Gasteiger partial charge in [-0.05, 0) is 12.9 Å². The molecule has 38 valence electrons. The summed E-state index contributed by atoms with van der Waals surface area (Å²) >= 11 is 1.64. The van der Waals surface area contributed by atoms with E-state index in [1.165, 1.54) is 0 Å². The van der Waals surface area contributed by atoms with E-state index in [0.717, 1.165) is 5.49 Å². The molecule has 0 bridgehead atoms. The maximum atomic E-state index is 10.2. The summed E-state index contributed by atoms with van der Waals surface area (Å²) in [6, 6.07) is 0. The molecule has 0 saturated carbocycles. The van der Waals surface area contributed by atoms with Crippen molar-refractivity contribution in [2.75, 3.05) is 18.4 Å². The molecule has 0 aliphatic carbocycles. The standard InChI is InChI=1S/C3H9OPS/c1-5(4)3-6-2/h5H,3H2,1-2H3. The summed E-state index contributed by atoms with van der Waals surface area (Å²) < 4.78 is 10.2. The van der Waals surface area contributed by atoms with Gasteiger partial charge in [0.25, 0.3) is 0 Å². The van der Waals surface area contributed by atoms with Crippen LogP contribution in [0.25, 0.3) is 0 Å². The molecule has 3 heteroatoms. The van der Waals surface area contributed by atoms with E-state index in [4.69, 9.17) is 0 Å².